The number of aromatic nitrogens is 2. The van der Waals surface area contributed by atoms with Gasteiger partial charge < -0.3 is 5.32 Å². The van der Waals surface area contributed by atoms with Crippen molar-refractivity contribution in [2.24, 2.45) is 18.9 Å². The molecule has 3 unspecified atom stereocenters. The molecule has 1 aromatic heterocycles. The smallest absolute Gasteiger partial charge is 0.0796 e. The fraction of sp³-hybridized carbons (Fsp3) is 0.812. The van der Waals surface area contributed by atoms with Crippen LogP contribution in [0.5, 0.6) is 0 Å². The third-order valence-electron chi connectivity index (χ3n) is 4.54. The lowest BCUT2D eigenvalue weighted by Crippen LogP contribution is -2.32. The van der Waals surface area contributed by atoms with Gasteiger partial charge in [-0.1, -0.05) is 33.1 Å². The number of aryl methyl sites for hydroxylation is 1. The number of rotatable bonds is 6. The quantitative estimate of drug-likeness (QED) is 0.848. The van der Waals surface area contributed by atoms with Gasteiger partial charge in [-0.25, -0.2) is 0 Å². The zero-order valence-corrected chi connectivity index (χ0v) is 12.7. The van der Waals surface area contributed by atoms with E-state index in [4.69, 9.17) is 0 Å². The molecule has 0 aromatic carbocycles. The van der Waals surface area contributed by atoms with Crippen LogP contribution in [0.4, 0.5) is 0 Å². The normalized spacial score (nSPS) is 25.4. The molecule has 1 aliphatic rings. The number of hydrogen-bond donors (Lipinski definition) is 1. The molecule has 3 atom stereocenters. The van der Waals surface area contributed by atoms with E-state index in [1.807, 2.05) is 11.7 Å². The molecule has 0 bridgehead atoms. The van der Waals surface area contributed by atoms with Crippen LogP contribution in [-0.4, -0.2) is 16.3 Å². The Balaban J connectivity index is 2.08. The standard InChI is InChI=1S/C16H29N3/c1-4-10-17-16(15-9-11-19(3)18-15)14-8-6-7-13(5-2)12-14/h9,11,13-14,16-17H,4-8,10,12H2,1-3H3. The van der Waals surface area contributed by atoms with Crippen molar-refractivity contribution in [1.29, 1.82) is 0 Å². The second-order valence-electron chi connectivity index (χ2n) is 6.05. The average molecular weight is 263 g/mol. The van der Waals surface area contributed by atoms with E-state index in [1.165, 1.54) is 44.2 Å². The van der Waals surface area contributed by atoms with E-state index >= 15 is 0 Å². The van der Waals surface area contributed by atoms with E-state index in [1.54, 1.807) is 0 Å². The van der Waals surface area contributed by atoms with Crippen molar-refractivity contribution in [3.63, 3.8) is 0 Å². The summed E-state index contributed by atoms with van der Waals surface area (Å²) in [6.07, 6.45) is 10.1. The van der Waals surface area contributed by atoms with Crippen molar-refractivity contribution in [3.05, 3.63) is 18.0 Å². The minimum atomic E-state index is 0.454. The van der Waals surface area contributed by atoms with Crippen LogP contribution in [0.2, 0.25) is 0 Å². The molecule has 0 spiro atoms. The van der Waals surface area contributed by atoms with Crippen molar-refractivity contribution in [2.45, 2.75) is 58.4 Å². The summed E-state index contributed by atoms with van der Waals surface area (Å²) in [6.45, 7) is 5.66. The van der Waals surface area contributed by atoms with Gasteiger partial charge in [0.05, 0.1) is 11.7 Å². The first-order chi connectivity index (χ1) is 9.24. The lowest BCUT2D eigenvalue weighted by molar-refractivity contribution is 0.206. The summed E-state index contributed by atoms with van der Waals surface area (Å²) in [7, 11) is 2.01. The number of hydrogen-bond acceptors (Lipinski definition) is 2. The van der Waals surface area contributed by atoms with E-state index in [0.29, 0.717) is 6.04 Å². The highest BCUT2D eigenvalue weighted by Crippen LogP contribution is 2.37. The van der Waals surface area contributed by atoms with E-state index in [9.17, 15) is 0 Å². The first-order valence-corrected chi connectivity index (χ1v) is 7.97. The van der Waals surface area contributed by atoms with Gasteiger partial charge in [-0.3, -0.25) is 4.68 Å². The van der Waals surface area contributed by atoms with E-state index < -0.39 is 0 Å². The van der Waals surface area contributed by atoms with Crippen LogP contribution in [0.3, 0.4) is 0 Å². The van der Waals surface area contributed by atoms with Crippen LogP contribution in [-0.2, 0) is 7.05 Å². The third-order valence-corrected chi connectivity index (χ3v) is 4.54. The molecule has 0 radical (unpaired) electrons. The molecule has 0 amide bonds. The van der Waals surface area contributed by atoms with Gasteiger partial charge in [0.2, 0.25) is 0 Å². The molecule has 0 saturated heterocycles. The van der Waals surface area contributed by atoms with Crippen molar-refractivity contribution in [3.8, 4) is 0 Å². The molecule has 1 aromatic rings. The maximum absolute atomic E-state index is 4.64. The van der Waals surface area contributed by atoms with Gasteiger partial charge in [-0.15, -0.1) is 0 Å². The Kier molecular flexibility index (Phi) is 5.44. The molecule has 19 heavy (non-hydrogen) atoms. The highest BCUT2D eigenvalue weighted by atomic mass is 15.3. The van der Waals surface area contributed by atoms with Crippen LogP contribution in [0, 0.1) is 11.8 Å². The Morgan fingerprint density at radius 1 is 1.42 bits per heavy atom. The summed E-state index contributed by atoms with van der Waals surface area (Å²) in [5.41, 5.74) is 1.23. The molecule has 1 aliphatic carbocycles. The van der Waals surface area contributed by atoms with Crippen LogP contribution in [0.15, 0.2) is 12.3 Å². The van der Waals surface area contributed by atoms with E-state index in [2.05, 4.69) is 36.5 Å². The molecular formula is C16H29N3. The van der Waals surface area contributed by atoms with Gasteiger partial charge in [0.25, 0.3) is 0 Å². The van der Waals surface area contributed by atoms with Gasteiger partial charge in [-0.2, -0.15) is 5.10 Å². The molecule has 2 rings (SSSR count). The maximum Gasteiger partial charge on any atom is 0.0796 e. The molecule has 3 nitrogen and oxygen atoms in total. The topological polar surface area (TPSA) is 29.9 Å². The average Bonchev–Trinajstić information content (AvgIpc) is 2.86. The first-order valence-electron chi connectivity index (χ1n) is 7.97. The second-order valence-corrected chi connectivity index (χ2v) is 6.05. The van der Waals surface area contributed by atoms with Gasteiger partial charge in [-0.05, 0) is 43.7 Å². The van der Waals surface area contributed by atoms with Crippen molar-refractivity contribution < 1.29 is 0 Å². The predicted molar refractivity (Wildman–Crippen MR) is 80.0 cm³/mol. The Labute approximate surface area is 117 Å². The summed E-state index contributed by atoms with van der Waals surface area (Å²) in [6, 6.07) is 2.64. The molecule has 1 heterocycles. The van der Waals surface area contributed by atoms with Crippen molar-refractivity contribution >= 4 is 0 Å². The zero-order valence-electron chi connectivity index (χ0n) is 12.7. The summed E-state index contributed by atoms with van der Waals surface area (Å²) >= 11 is 0. The maximum atomic E-state index is 4.64. The Bertz CT molecular complexity index is 372. The summed E-state index contributed by atoms with van der Waals surface area (Å²) in [5, 5.41) is 8.38. The lowest BCUT2D eigenvalue weighted by Gasteiger charge is -2.34. The molecule has 1 saturated carbocycles. The summed E-state index contributed by atoms with van der Waals surface area (Å²) in [5.74, 6) is 1.69. The van der Waals surface area contributed by atoms with Crippen molar-refractivity contribution in [1.82, 2.24) is 15.1 Å². The van der Waals surface area contributed by atoms with Gasteiger partial charge in [0.15, 0.2) is 0 Å². The highest BCUT2D eigenvalue weighted by molar-refractivity contribution is 5.07. The second kappa shape index (κ2) is 7.09. The van der Waals surface area contributed by atoms with Crippen LogP contribution in [0.1, 0.15) is 64.1 Å². The number of nitrogens with zero attached hydrogens (tertiary/aromatic N) is 2. The fourth-order valence-corrected chi connectivity index (χ4v) is 3.42. The zero-order chi connectivity index (χ0) is 13.7. The van der Waals surface area contributed by atoms with Crippen molar-refractivity contribution in [2.75, 3.05) is 6.54 Å². The molecular weight excluding hydrogens is 234 g/mol. The van der Waals surface area contributed by atoms with Crippen LogP contribution < -0.4 is 5.32 Å². The van der Waals surface area contributed by atoms with E-state index in [0.717, 1.165) is 18.4 Å². The molecule has 1 N–H and O–H groups in total. The Morgan fingerprint density at radius 3 is 2.89 bits per heavy atom. The fourth-order valence-electron chi connectivity index (χ4n) is 3.42. The molecule has 3 heteroatoms. The number of nitrogens with one attached hydrogen (secondary N) is 1. The van der Waals surface area contributed by atoms with Gasteiger partial charge in [0.1, 0.15) is 0 Å². The molecule has 1 fully saturated rings. The first kappa shape index (κ1) is 14.6. The lowest BCUT2D eigenvalue weighted by atomic mass is 9.76. The Morgan fingerprint density at radius 2 is 2.26 bits per heavy atom. The third kappa shape index (κ3) is 3.82. The van der Waals surface area contributed by atoms with E-state index in [-0.39, 0.29) is 0 Å². The highest BCUT2D eigenvalue weighted by Gasteiger charge is 2.29. The van der Waals surface area contributed by atoms with Gasteiger partial charge >= 0.3 is 0 Å². The predicted octanol–water partition coefficient (Wildman–Crippen LogP) is 3.68. The van der Waals surface area contributed by atoms with Gasteiger partial charge in [0, 0.05) is 13.2 Å². The largest absolute Gasteiger partial charge is 0.308 e. The minimum Gasteiger partial charge on any atom is -0.308 e. The van der Waals surface area contributed by atoms with Crippen LogP contribution >= 0.6 is 0 Å². The SMILES string of the molecule is CCCNC(c1ccn(C)n1)C1CCCC(CC)C1. The minimum absolute atomic E-state index is 0.454. The molecule has 108 valence electrons. The monoisotopic (exact) mass is 263 g/mol. The molecule has 0 aliphatic heterocycles. The van der Waals surface area contributed by atoms with Crippen LogP contribution in [0.25, 0.3) is 0 Å². The summed E-state index contributed by atoms with van der Waals surface area (Å²) < 4.78 is 1.93. The Hall–Kier alpha value is -0.830. The summed E-state index contributed by atoms with van der Waals surface area (Å²) in [4.78, 5) is 0.